The van der Waals surface area contributed by atoms with E-state index in [2.05, 4.69) is 31.9 Å². The average molecular weight is 484 g/mol. The summed E-state index contributed by atoms with van der Waals surface area (Å²) >= 11 is 6.62. The van der Waals surface area contributed by atoms with Crippen LogP contribution in [0.4, 0.5) is 4.39 Å². The number of aryl methyl sites for hydroxylation is 1. The molecule has 26 heavy (non-hydrogen) atoms. The fourth-order valence-corrected chi connectivity index (χ4v) is 4.04. The van der Waals surface area contributed by atoms with Crippen LogP contribution in [0.2, 0.25) is 0 Å². The van der Waals surface area contributed by atoms with Crippen molar-refractivity contribution in [1.82, 2.24) is 0 Å². The van der Waals surface area contributed by atoms with Gasteiger partial charge in [-0.3, -0.25) is 9.59 Å². The Hall–Kier alpha value is -1.99. The fraction of sp³-hybridized carbons (Fsp3) is 0.158. The lowest BCUT2D eigenvalue weighted by atomic mass is 9.99. The third-order valence-corrected chi connectivity index (χ3v) is 4.96. The number of fused-ring (bicyclic) bond motifs is 1. The van der Waals surface area contributed by atoms with Crippen molar-refractivity contribution in [2.45, 2.75) is 20.3 Å². The van der Waals surface area contributed by atoms with Crippen molar-refractivity contribution in [3.05, 3.63) is 62.0 Å². The minimum atomic E-state index is -0.477. The first-order valence-electron chi connectivity index (χ1n) is 7.75. The van der Waals surface area contributed by atoms with E-state index in [9.17, 15) is 14.0 Å². The fourth-order valence-electron chi connectivity index (χ4n) is 2.69. The predicted molar refractivity (Wildman–Crippen MR) is 102 cm³/mol. The van der Waals surface area contributed by atoms with Crippen LogP contribution in [0.25, 0.3) is 11.0 Å². The molecule has 3 rings (SSSR count). The van der Waals surface area contributed by atoms with E-state index in [1.54, 1.807) is 12.1 Å². The van der Waals surface area contributed by atoms with Gasteiger partial charge in [-0.2, -0.15) is 0 Å². The summed E-state index contributed by atoms with van der Waals surface area (Å²) in [7, 11) is 0. The normalized spacial score (nSPS) is 11.0. The summed E-state index contributed by atoms with van der Waals surface area (Å²) in [5.41, 5.74) is 1.14. The molecular weight excluding hydrogens is 471 g/mol. The van der Waals surface area contributed by atoms with Crippen LogP contribution in [0.3, 0.4) is 0 Å². The van der Waals surface area contributed by atoms with Gasteiger partial charge < -0.3 is 9.15 Å². The number of hydrogen-bond donors (Lipinski definition) is 0. The van der Waals surface area contributed by atoms with Gasteiger partial charge in [-0.25, -0.2) is 4.39 Å². The summed E-state index contributed by atoms with van der Waals surface area (Å²) in [5, 5.41) is 0.433. The third kappa shape index (κ3) is 3.46. The van der Waals surface area contributed by atoms with Gasteiger partial charge in [-0.05, 0) is 62.2 Å². The summed E-state index contributed by atoms with van der Waals surface area (Å²) in [6.07, 6.45) is 0.491. The molecule has 1 heterocycles. The summed E-state index contributed by atoms with van der Waals surface area (Å²) in [4.78, 5) is 24.3. The molecule has 0 amide bonds. The van der Waals surface area contributed by atoms with Crippen LogP contribution >= 0.6 is 31.9 Å². The molecule has 0 aliphatic carbocycles. The Balaban J connectivity index is 2.14. The van der Waals surface area contributed by atoms with Gasteiger partial charge in [0.1, 0.15) is 17.2 Å². The molecular formula is C19H13Br2FO4. The van der Waals surface area contributed by atoms with Crippen LogP contribution in [0.5, 0.6) is 5.75 Å². The molecule has 0 saturated heterocycles. The first-order valence-corrected chi connectivity index (χ1v) is 9.33. The number of ether oxygens (including phenoxy) is 1. The zero-order valence-electron chi connectivity index (χ0n) is 13.9. The van der Waals surface area contributed by atoms with Gasteiger partial charge in [-0.15, -0.1) is 0 Å². The highest BCUT2D eigenvalue weighted by atomic mass is 79.9. The van der Waals surface area contributed by atoms with E-state index in [4.69, 9.17) is 9.15 Å². The molecule has 0 atom stereocenters. The lowest BCUT2D eigenvalue weighted by Gasteiger charge is -2.09. The van der Waals surface area contributed by atoms with Crippen molar-refractivity contribution < 1.29 is 23.1 Å². The van der Waals surface area contributed by atoms with Crippen molar-refractivity contribution in [3.63, 3.8) is 0 Å². The third-order valence-electron chi connectivity index (χ3n) is 3.78. The van der Waals surface area contributed by atoms with Gasteiger partial charge in [0, 0.05) is 24.3 Å². The minimum absolute atomic E-state index is 0.285. The highest BCUT2D eigenvalue weighted by molar-refractivity contribution is 9.11. The maximum atomic E-state index is 13.7. The van der Waals surface area contributed by atoms with E-state index in [0.717, 1.165) is 0 Å². The van der Waals surface area contributed by atoms with Crippen LogP contribution in [0, 0.1) is 5.82 Å². The molecule has 1 aromatic heterocycles. The highest BCUT2D eigenvalue weighted by Crippen LogP contribution is 2.37. The lowest BCUT2D eigenvalue weighted by molar-refractivity contribution is -0.131. The van der Waals surface area contributed by atoms with Crippen molar-refractivity contribution >= 4 is 54.6 Å². The van der Waals surface area contributed by atoms with Crippen LogP contribution in [-0.2, 0) is 11.2 Å². The van der Waals surface area contributed by atoms with Gasteiger partial charge in [0.15, 0.2) is 11.5 Å². The lowest BCUT2D eigenvalue weighted by Crippen LogP contribution is -2.06. The van der Waals surface area contributed by atoms with E-state index >= 15 is 0 Å². The van der Waals surface area contributed by atoms with Crippen molar-refractivity contribution in [3.8, 4) is 5.75 Å². The van der Waals surface area contributed by atoms with Crippen molar-refractivity contribution in [2.75, 3.05) is 0 Å². The summed E-state index contributed by atoms with van der Waals surface area (Å²) < 4.78 is 25.4. The number of esters is 1. The molecule has 134 valence electrons. The molecule has 0 spiro atoms. The Kier molecular flexibility index (Phi) is 5.29. The number of halogens is 3. The summed E-state index contributed by atoms with van der Waals surface area (Å²) in [5.74, 6) is -0.445. The molecule has 4 nitrogen and oxygen atoms in total. The standard InChI is InChI=1S/C19H13Br2FO4/c1-3-15-17(12-8-11(22)4-5-16(12)26-15)18(24)10-6-13(20)19(14(21)7-10)25-9(2)23/h4-8H,3H2,1-2H3. The van der Waals surface area contributed by atoms with Crippen LogP contribution in [-0.4, -0.2) is 11.8 Å². The first kappa shape index (κ1) is 18.8. The molecule has 0 N–H and O–H groups in total. The van der Waals surface area contributed by atoms with Crippen molar-refractivity contribution in [2.24, 2.45) is 0 Å². The monoisotopic (exact) mass is 482 g/mol. The van der Waals surface area contributed by atoms with Gasteiger partial charge in [-0.1, -0.05) is 6.92 Å². The second-order valence-electron chi connectivity index (χ2n) is 5.59. The van der Waals surface area contributed by atoms with E-state index < -0.39 is 11.8 Å². The average Bonchev–Trinajstić information content (AvgIpc) is 2.94. The zero-order valence-corrected chi connectivity index (χ0v) is 17.0. The van der Waals surface area contributed by atoms with Gasteiger partial charge in [0.2, 0.25) is 0 Å². The second-order valence-corrected chi connectivity index (χ2v) is 7.29. The number of hydrogen-bond acceptors (Lipinski definition) is 4. The van der Waals surface area contributed by atoms with Crippen LogP contribution in [0.15, 0.2) is 43.7 Å². The topological polar surface area (TPSA) is 56.5 Å². The van der Waals surface area contributed by atoms with Gasteiger partial charge >= 0.3 is 5.97 Å². The van der Waals surface area contributed by atoms with Gasteiger partial charge in [0.05, 0.1) is 14.5 Å². The maximum Gasteiger partial charge on any atom is 0.308 e. The molecule has 0 aliphatic rings. The Morgan fingerprint density at radius 2 is 1.81 bits per heavy atom. The molecule has 0 radical (unpaired) electrons. The number of benzene rings is 2. The smallest absolute Gasteiger partial charge is 0.308 e. The Morgan fingerprint density at radius 1 is 1.15 bits per heavy atom. The number of furan rings is 1. The van der Waals surface area contributed by atoms with E-state index in [-0.39, 0.29) is 11.5 Å². The SMILES string of the molecule is CCc1oc2ccc(F)cc2c1C(=O)c1cc(Br)c(OC(C)=O)c(Br)c1. The Labute approximate surface area is 165 Å². The molecule has 0 bridgehead atoms. The van der Waals surface area contributed by atoms with Crippen LogP contribution in [0.1, 0.15) is 35.5 Å². The van der Waals surface area contributed by atoms with E-state index in [1.165, 1.54) is 25.1 Å². The molecule has 0 unspecified atom stereocenters. The van der Waals surface area contributed by atoms with E-state index in [0.29, 0.717) is 43.2 Å². The Morgan fingerprint density at radius 3 is 2.38 bits per heavy atom. The number of ketones is 1. The van der Waals surface area contributed by atoms with Gasteiger partial charge in [0.25, 0.3) is 0 Å². The summed E-state index contributed by atoms with van der Waals surface area (Å²) in [6.45, 7) is 3.15. The second kappa shape index (κ2) is 7.32. The molecule has 0 aliphatic heterocycles. The Bertz CT molecular complexity index is 1020. The highest BCUT2D eigenvalue weighted by Gasteiger charge is 2.23. The zero-order chi connectivity index (χ0) is 19.0. The number of carbonyl (C=O) groups is 2. The first-order chi connectivity index (χ1) is 12.3. The largest absolute Gasteiger partial charge is 0.460 e. The molecule has 2 aromatic carbocycles. The van der Waals surface area contributed by atoms with Crippen molar-refractivity contribution in [1.29, 1.82) is 0 Å². The molecule has 0 fully saturated rings. The minimum Gasteiger partial charge on any atom is -0.460 e. The maximum absolute atomic E-state index is 13.7. The molecule has 3 aromatic rings. The van der Waals surface area contributed by atoms with E-state index in [1.807, 2.05) is 6.92 Å². The van der Waals surface area contributed by atoms with Crippen LogP contribution < -0.4 is 4.74 Å². The molecule has 0 saturated carbocycles. The summed E-state index contributed by atoms with van der Waals surface area (Å²) in [6, 6.07) is 7.21. The molecule has 7 heteroatoms. The predicted octanol–water partition coefficient (Wildman–Crippen LogP) is 5.82. The number of carbonyl (C=O) groups excluding carboxylic acids is 2. The quantitative estimate of drug-likeness (QED) is 0.266. The number of rotatable bonds is 4.